The quantitative estimate of drug-likeness (QED) is 0.559. The van der Waals surface area contributed by atoms with E-state index < -0.39 is 0 Å². The molecule has 0 aliphatic carbocycles. The lowest BCUT2D eigenvalue weighted by atomic mass is 11.0. The third-order valence-corrected chi connectivity index (χ3v) is 0.825. The van der Waals surface area contributed by atoms with Crippen molar-refractivity contribution in [1.82, 2.24) is 15.0 Å². The molecule has 0 atom stereocenters. The highest BCUT2D eigenvalue weighted by Crippen LogP contribution is 1.99. The zero-order valence-corrected chi connectivity index (χ0v) is 5.00. The summed E-state index contributed by atoms with van der Waals surface area (Å²) in [7, 11) is 0. The minimum Gasteiger partial charge on any atom is -0.288 e. The monoisotopic (exact) mass is 146 g/mol. The van der Waals surface area contributed by atoms with Gasteiger partial charge in [-0.05, 0) is 11.6 Å². The van der Waals surface area contributed by atoms with Crippen LogP contribution in [0.1, 0.15) is 0 Å². The highest BCUT2D eigenvalue weighted by molar-refractivity contribution is 6.28. The van der Waals surface area contributed by atoms with E-state index in [1.54, 1.807) is 5.48 Å². The van der Waals surface area contributed by atoms with Gasteiger partial charge in [-0.15, -0.1) is 0 Å². The van der Waals surface area contributed by atoms with Crippen LogP contribution < -0.4 is 5.48 Å². The molecule has 0 aromatic carbocycles. The van der Waals surface area contributed by atoms with E-state index in [2.05, 4.69) is 15.0 Å². The fourth-order valence-electron chi connectivity index (χ4n) is 0.330. The number of rotatable bonds is 1. The van der Waals surface area contributed by atoms with Crippen LogP contribution >= 0.6 is 11.6 Å². The summed E-state index contributed by atoms with van der Waals surface area (Å²) in [6.45, 7) is 0. The lowest BCUT2D eigenvalue weighted by molar-refractivity contribution is 0.382. The van der Waals surface area contributed by atoms with Gasteiger partial charge in [0.1, 0.15) is 6.33 Å². The molecule has 0 spiro atoms. The second kappa shape index (κ2) is 2.56. The number of nitrogens with zero attached hydrogens (tertiary/aromatic N) is 3. The molecule has 5 nitrogen and oxygen atoms in total. The molecule has 0 aliphatic heterocycles. The van der Waals surface area contributed by atoms with Crippen molar-refractivity contribution in [2.45, 2.75) is 0 Å². The van der Waals surface area contributed by atoms with Gasteiger partial charge in [-0.3, -0.25) is 5.21 Å². The van der Waals surface area contributed by atoms with Crippen molar-refractivity contribution in [3.05, 3.63) is 11.6 Å². The Bertz CT molecular complexity index is 205. The average molecular weight is 147 g/mol. The smallest absolute Gasteiger partial charge is 0.251 e. The van der Waals surface area contributed by atoms with Gasteiger partial charge < -0.3 is 0 Å². The average Bonchev–Trinajstić information content (AvgIpc) is 1.88. The van der Waals surface area contributed by atoms with Gasteiger partial charge in [-0.2, -0.15) is 9.97 Å². The molecule has 1 heterocycles. The molecule has 1 aromatic rings. The molecule has 0 unspecified atom stereocenters. The number of aromatic nitrogens is 3. The molecule has 0 bridgehead atoms. The molecule has 0 saturated heterocycles. The molecule has 1 aromatic heterocycles. The van der Waals surface area contributed by atoms with E-state index in [9.17, 15) is 0 Å². The standard InChI is InChI=1S/C3H3ClN4O/c4-2-5-1-6-3(7-2)8-9/h1,9H,(H,5,6,7,8). The Morgan fingerprint density at radius 3 is 2.78 bits per heavy atom. The summed E-state index contributed by atoms with van der Waals surface area (Å²) in [6, 6.07) is 0. The van der Waals surface area contributed by atoms with Gasteiger partial charge in [0.25, 0.3) is 5.95 Å². The van der Waals surface area contributed by atoms with E-state index in [1.165, 1.54) is 6.33 Å². The van der Waals surface area contributed by atoms with Crippen LogP contribution in [0.4, 0.5) is 5.95 Å². The molecule has 0 radical (unpaired) electrons. The van der Waals surface area contributed by atoms with Gasteiger partial charge in [0.05, 0.1) is 0 Å². The molecule has 6 heteroatoms. The second-order valence-corrected chi connectivity index (χ2v) is 1.53. The Morgan fingerprint density at radius 1 is 1.56 bits per heavy atom. The molecule has 0 saturated carbocycles. The summed E-state index contributed by atoms with van der Waals surface area (Å²) >= 11 is 5.31. The molecule has 9 heavy (non-hydrogen) atoms. The third kappa shape index (κ3) is 1.48. The van der Waals surface area contributed by atoms with Crippen molar-refractivity contribution in [1.29, 1.82) is 0 Å². The highest BCUT2D eigenvalue weighted by Gasteiger charge is 1.92. The first-order valence-electron chi connectivity index (χ1n) is 2.07. The number of halogens is 1. The maximum absolute atomic E-state index is 8.20. The number of hydrogen-bond acceptors (Lipinski definition) is 5. The maximum Gasteiger partial charge on any atom is 0.251 e. The van der Waals surface area contributed by atoms with Gasteiger partial charge in [-0.1, -0.05) is 0 Å². The van der Waals surface area contributed by atoms with Gasteiger partial charge in [-0.25, -0.2) is 10.5 Å². The van der Waals surface area contributed by atoms with Gasteiger partial charge >= 0.3 is 0 Å². The molecule has 2 N–H and O–H groups in total. The summed E-state index contributed by atoms with van der Waals surface area (Å²) in [5.41, 5.74) is 1.72. The van der Waals surface area contributed by atoms with Crippen molar-refractivity contribution in [2.24, 2.45) is 0 Å². The van der Waals surface area contributed by atoms with Crippen LogP contribution in [0.3, 0.4) is 0 Å². The second-order valence-electron chi connectivity index (χ2n) is 1.19. The van der Waals surface area contributed by atoms with Crippen LogP contribution in [0, 0.1) is 0 Å². The predicted octanol–water partition coefficient (Wildman–Crippen LogP) is 0.326. The first kappa shape index (κ1) is 6.18. The van der Waals surface area contributed by atoms with Crippen molar-refractivity contribution < 1.29 is 5.21 Å². The lowest BCUT2D eigenvalue weighted by Gasteiger charge is -1.92. The van der Waals surface area contributed by atoms with E-state index in [-0.39, 0.29) is 11.2 Å². The summed E-state index contributed by atoms with van der Waals surface area (Å²) < 4.78 is 0. The molecule has 0 amide bonds. The number of nitrogens with one attached hydrogen (secondary N) is 1. The molecule has 1 rings (SSSR count). The van der Waals surface area contributed by atoms with Crippen LogP contribution in [0.2, 0.25) is 5.28 Å². The largest absolute Gasteiger partial charge is 0.288 e. The predicted molar refractivity (Wildman–Crippen MR) is 30.2 cm³/mol. The minimum atomic E-state index is 0.0370. The number of hydrogen-bond donors (Lipinski definition) is 2. The highest BCUT2D eigenvalue weighted by atomic mass is 35.5. The summed E-state index contributed by atoms with van der Waals surface area (Å²) in [5, 5.41) is 8.24. The summed E-state index contributed by atoms with van der Waals surface area (Å²) in [4.78, 5) is 10.4. The topological polar surface area (TPSA) is 70.9 Å². The molecular weight excluding hydrogens is 144 g/mol. The van der Waals surface area contributed by atoms with E-state index in [4.69, 9.17) is 16.8 Å². The summed E-state index contributed by atoms with van der Waals surface area (Å²) in [5.74, 6) is 0.0370. The maximum atomic E-state index is 8.20. The van der Waals surface area contributed by atoms with E-state index >= 15 is 0 Å². The fraction of sp³-hybridized carbons (Fsp3) is 0. The Labute approximate surface area is 55.7 Å². The van der Waals surface area contributed by atoms with Crippen molar-refractivity contribution in [3.8, 4) is 0 Å². The summed E-state index contributed by atoms with van der Waals surface area (Å²) in [6.07, 6.45) is 1.19. The van der Waals surface area contributed by atoms with Crippen molar-refractivity contribution >= 4 is 17.5 Å². The Morgan fingerprint density at radius 2 is 2.33 bits per heavy atom. The molecular formula is C3H3ClN4O. The van der Waals surface area contributed by atoms with E-state index in [1.807, 2.05) is 0 Å². The van der Waals surface area contributed by atoms with Crippen LogP contribution in [0.25, 0.3) is 0 Å². The zero-order chi connectivity index (χ0) is 6.69. The Balaban J connectivity index is 2.94. The number of anilines is 1. The van der Waals surface area contributed by atoms with Crippen LogP contribution in [0.5, 0.6) is 0 Å². The Hall–Kier alpha value is -0.940. The van der Waals surface area contributed by atoms with Gasteiger partial charge in [0, 0.05) is 0 Å². The van der Waals surface area contributed by atoms with Crippen LogP contribution in [0.15, 0.2) is 6.33 Å². The van der Waals surface area contributed by atoms with Gasteiger partial charge in [0.2, 0.25) is 5.28 Å². The lowest BCUT2D eigenvalue weighted by Crippen LogP contribution is -1.96. The van der Waals surface area contributed by atoms with Crippen molar-refractivity contribution in [3.63, 3.8) is 0 Å². The zero-order valence-electron chi connectivity index (χ0n) is 4.24. The third-order valence-electron chi connectivity index (χ3n) is 0.642. The minimum absolute atomic E-state index is 0.0370. The van der Waals surface area contributed by atoms with Gasteiger partial charge in [0.15, 0.2) is 0 Å². The molecule has 0 aliphatic rings. The normalized spacial score (nSPS) is 9.11. The molecule has 48 valence electrons. The van der Waals surface area contributed by atoms with Crippen LogP contribution in [-0.2, 0) is 0 Å². The fourth-order valence-corrected chi connectivity index (χ4v) is 0.454. The van der Waals surface area contributed by atoms with Crippen molar-refractivity contribution in [2.75, 3.05) is 5.48 Å². The first-order chi connectivity index (χ1) is 4.33. The first-order valence-corrected chi connectivity index (χ1v) is 2.45. The van der Waals surface area contributed by atoms with E-state index in [0.717, 1.165) is 0 Å². The van der Waals surface area contributed by atoms with E-state index in [0.29, 0.717) is 0 Å². The molecule has 0 fully saturated rings. The SMILES string of the molecule is ONc1ncnc(Cl)n1. The van der Waals surface area contributed by atoms with Crippen LogP contribution in [-0.4, -0.2) is 20.2 Å². The Kier molecular flexibility index (Phi) is 1.76.